The molecule has 2 aromatic rings. The molecule has 0 unspecified atom stereocenters. The Kier molecular flexibility index (Phi) is 3.54. The van der Waals surface area contributed by atoms with Gasteiger partial charge in [0.2, 0.25) is 0 Å². The Morgan fingerprint density at radius 3 is 2.73 bits per heavy atom. The van der Waals surface area contributed by atoms with Crippen LogP contribution in [0.2, 0.25) is 0 Å². The van der Waals surface area contributed by atoms with Crippen molar-refractivity contribution < 1.29 is 14.7 Å². The third-order valence-corrected chi connectivity index (χ3v) is 3.91. The van der Waals surface area contributed by atoms with Gasteiger partial charge in [-0.25, -0.2) is 9.79 Å². The van der Waals surface area contributed by atoms with E-state index in [2.05, 4.69) is 20.9 Å². The predicted molar refractivity (Wildman–Crippen MR) is 87.2 cm³/mol. The van der Waals surface area contributed by atoms with E-state index in [0.29, 0.717) is 11.4 Å². The maximum atomic E-state index is 12.4. The van der Waals surface area contributed by atoms with Crippen molar-refractivity contribution in [3.05, 3.63) is 58.1 Å². The maximum absolute atomic E-state index is 12.4. The molecule has 1 amide bonds. The standard InChI is InChI=1S/C16H11BrN2O3/c1-19-13-6-5-10(17)8-12(13)14(15(19)20)18-11-4-2-3-9(7-11)16(21)22/h2-8H,1H3,(H,21,22)/b18-14-. The van der Waals surface area contributed by atoms with Crippen LogP contribution in [0, 0.1) is 0 Å². The van der Waals surface area contributed by atoms with E-state index in [4.69, 9.17) is 5.11 Å². The number of fused-ring (bicyclic) bond motifs is 1. The topological polar surface area (TPSA) is 70.0 Å². The molecular weight excluding hydrogens is 348 g/mol. The Balaban J connectivity index is 2.12. The molecule has 5 nitrogen and oxygen atoms in total. The Morgan fingerprint density at radius 1 is 1.23 bits per heavy atom. The minimum absolute atomic E-state index is 0.134. The van der Waals surface area contributed by atoms with Crippen LogP contribution in [-0.4, -0.2) is 29.7 Å². The molecule has 0 aliphatic carbocycles. The van der Waals surface area contributed by atoms with Gasteiger partial charge in [0.05, 0.1) is 16.9 Å². The third-order valence-electron chi connectivity index (χ3n) is 3.42. The monoisotopic (exact) mass is 358 g/mol. The summed E-state index contributed by atoms with van der Waals surface area (Å²) in [5.74, 6) is -1.24. The lowest BCUT2D eigenvalue weighted by molar-refractivity contribution is -0.111. The predicted octanol–water partition coefficient (Wildman–Crippen LogP) is 3.24. The van der Waals surface area contributed by atoms with Crippen LogP contribution < -0.4 is 4.90 Å². The number of carboxylic acid groups (broad SMARTS) is 1. The third kappa shape index (κ3) is 2.42. The van der Waals surface area contributed by atoms with Crippen molar-refractivity contribution in [2.75, 3.05) is 11.9 Å². The molecule has 2 aromatic carbocycles. The second-order valence-electron chi connectivity index (χ2n) is 4.84. The van der Waals surface area contributed by atoms with Crippen LogP contribution in [0.15, 0.2) is 51.9 Å². The molecule has 0 atom stereocenters. The van der Waals surface area contributed by atoms with Gasteiger partial charge in [-0.1, -0.05) is 22.0 Å². The average molecular weight is 359 g/mol. The van der Waals surface area contributed by atoms with Crippen LogP contribution in [0.3, 0.4) is 0 Å². The fourth-order valence-corrected chi connectivity index (χ4v) is 2.68. The first kappa shape index (κ1) is 14.5. The fourth-order valence-electron chi connectivity index (χ4n) is 2.32. The van der Waals surface area contributed by atoms with Gasteiger partial charge >= 0.3 is 5.97 Å². The van der Waals surface area contributed by atoms with Crippen molar-refractivity contribution in [3.8, 4) is 0 Å². The van der Waals surface area contributed by atoms with Gasteiger partial charge in [-0.2, -0.15) is 0 Å². The summed E-state index contributed by atoms with van der Waals surface area (Å²) in [5, 5.41) is 9.03. The number of amides is 1. The molecule has 0 spiro atoms. The summed E-state index contributed by atoms with van der Waals surface area (Å²) in [6, 6.07) is 11.7. The van der Waals surface area contributed by atoms with Crippen molar-refractivity contribution in [2.24, 2.45) is 4.99 Å². The van der Waals surface area contributed by atoms with E-state index in [1.807, 2.05) is 18.2 Å². The zero-order valence-corrected chi connectivity index (χ0v) is 13.2. The van der Waals surface area contributed by atoms with E-state index < -0.39 is 5.97 Å². The van der Waals surface area contributed by atoms with Crippen LogP contribution in [0.25, 0.3) is 0 Å². The van der Waals surface area contributed by atoms with Gasteiger partial charge in [-0.3, -0.25) is 4.79 Å². The van der Waals surface area contributed by atoms with E-state index in [0.717, 1.165) is 15.7 Å². The summed E-state index contributed by atoms with van der Waals surface area (Å²) >= 11 is 3.39. The van der Waals surface area contributed by atoms with Crippen LogP contribution in [0.5, 0.6) is 0 Å². The van der Waals surface area contributed by atoms with Crippen LogP contribution in [0.1, 0.15) is 15.9 Å². The largest absolute Gasteiger partial charge is 0.478 e. The van der Waals surface area contributed by atoms with E-state index >= 15 is 0 Å². The first-order valence-corrected chi connectivity index (χ1v) is 7.26. The fraction of sp³-hybridized carbons (Fsp3) is 0.0625. The molecule has 0 fully saturated rings. The molecule has 0 bridgehead atoms. The smallest absolute Gasteiger partial charge is 0.335 e. The van der Waals surface area contributed by atoms with Crippen LogP contribution >= 0.6 is 15.9 Å². The summed E-state index contributed by atoms with van der Waals surface area (Å²) in [5.41, 5.74) is 2.38. The van der Waals surface area contributed by atoms with E-state index in [1.54, 1.807) is 19.2 Å². The summed E-state index contributed by atoms with van der Waals surface area (Å²) in [6.07, 6.45) is 0. The number of aliphatic imine (C=N–C) groups is 1. The van der Waals surface area contributed by atoms with E-state index in [1.165, 1.54) is 17.0 Å². The van der Waals surface area contributed by atoms with Crippen molar-refractivity contribution in [1.82, 2.24) is 0 Å². The molecule has 0 saturated carbocycles. The molecule has 22 heavy (non-hydrogen) atoms. The highest BCUT2D eigenvalue weighted by atomic mass is 79.9. The number of hydrogen-bond donors (Lipinski definition) is 1. The van der Waals surface area contributed by atoms with Crippen molar-refractivity contribution in [1.29, 1.82) is 0 Å². The Bertz CT molecular complexity index is 830. The first-order valence-electron chi connectivity index (χ1n) is 6.47. The molecule has 110 valence electrons. The number of carboxylic acids is 1. The van der Waals surface area contributed by atoms with E-state index in [-0.39, 0.29) is 11.5 Å². The molecule has 0 aromatic heterocycles. The number of likely N-dealkylation sites (N-methyl/N-ethyl adjacent to an activating group) is 1. The lowest BCUT2D eigenvalue weighted by Gasteiger charge is -2.08. The second kappa shape index (κ2) is 5.38. The lowest BCUT2D eigenvalue weighted by atomic mass is 10.1. The number of carbonyl (C=O) groups excluding carboxylic acids is 1. The summed E-state index contributed by atoms with van der Waals surface area (Å²) in [4.78, 5) is 29.3. The molecular formula is C16H11BrN2O3. The first-order chi connectivity index (χ1) is 10.5. The summed E-state index contributed by atoms with van der Waals surface area (Å²) in [7, 11) is 1.69. The van der Waals surface area contributed by atoms with Gasteiger partial charge in [-0.15, -0.1) is 0 Å². The highest BCUT2D eigenvalue weighted by Gasteiger charge is 2.31. The van der Waals surface area contributed by atoms with Gasteiger partial charge in [-0.05, 0) is 36.4 Å². The van der Waals surface area contributed by atoms with Gasteiger partial charge < -0.3 is 10.0 Å². The number of aromatic carboxylic acids is 1. The van der Waals surface area contributed by atoms with Crippen LogP contribution in [-0.2, 0) is 4.79 Å². The number of benzene rings is 2. The minimum atomic E-state index is -1.03. The number of halogens is 1. The minimum Gasteiger partial charge on any atom is -0.478 e. The zero-order valence-electron chi connectivity index (χ0n) is 11.6. The number of carbonyl (C=O) groups is 2. The highest BCUT2D eigenvalue weighted by molar-refractivity contribution is 9.10. The Labute approximate surface area is 135 Å². The average Bonchev–Trinajstić information content (AvgIpc) is 2.72. The Morgan fingerprint density at radius 2 is 2.00 bits per heavy atom. The van der Waals surface area contributed by atoms with Gasteiger partial charge in [0.15, 0.2) is 0 Å². The normalized spacial score (nSPS) is 15.3. The van der Waals surface area contributed by atoms with E-state index in [9.17, 15) is 9.59 Å². The van der Waals surface area contributed by atoms with Gasteiger partial charge in [0.25, 0.3) is 5.91 Å². The maximum Gasteiger partial charge on any atom is 0.335 e. The van der Waals surface area contributed by atoms with Crippen molar-refractivity contribution in [3.63, 3.8) is 0 Å². The van der Waals surface area contributed by atoms with Crippen LogP contribution in [0.4, 0.5) is 11.4 Å². The van der Waals surface area contributed by atoms with Gasteiger partial charge in [0.1, 0.15) is 5.71 Å². The molecule has 0 radical (unpaired) electrons. The molecule has 1 N–H and O–H groups in total. The SMILES string of the molecule is CN1C(=O)/C(=N\c2cccc(C(=O)O)c2)c2cc(Br)ccc21. The zero-order chi connectivity index (χ0) is 15.9. The molecule has 0 saturated heterocycles. The number of rotatable bonds is 2. The summed E-state index contributed by atoms with van der Waals surface area (Å²) in [6.45, 7) is 0. The number of nitrogens with zero attached hydrogens (tertiary/aromatic N) is 2. The number of anilines is 1. The van der Waals surface area contributed by atoms with Gasteiger partial charge in [0, 0.05) is 17.1 Å². The Hall–Kier alpha value is -2.47. The molecule has 1 aliphatic heterocycles. The highest BCUT2D eigenvalue weighted by Crippen LogP contribution is 2.32. The lowest BCUT2D eigenvalue weighted by Crippen LogP contribution is -2.25. The molecule has 1 heterocycles. The second-order valence-corrected chi connectivity index (χ2v) is 5.76. The quantitative estimate of drug-likeness (QED) is 0.895. The van der Waals surface area contributed by atoms with Crippen molar-refractivity contribution in [2.45, 2.75) is 0 Å². The molecule has 6 heteroatoms. The number of hydrogen-bond acceptors (Lipinski definition) is 3. The molecule has 1 aliphatic rings. The van der Waals surface area contributed by atoms with Crippen molar-refractivity contribution >= 4 is 44.9 Å². The summed E-state index contributed by atoms with van der Waals surface area (Å²) < 4.78 is 0.848. The molecule has 3 rings (SSSR count).